The van der Waals surface area contributed by atoms with Gasteiger partial charge in [-0.05, 0) is 29.8 Å². The highest BCUT2D eigenvalue weighted by Gasteiger charge is 2.23. The number of hydrazine groups is 1. The summed E-state index contributed by atoms with van der Waals surface area (Å²) in [6.45, 7) is 0.172. The van der Waals surface area contributed by atoms with Gasteiger partial charge in [0, 0.05) is 6.54 Å². The quantitative estimate of drug-likeness (QED) is 0.380. The minimum Gasteiger partial charge on any atom is -0.496 e. The summed E-state index contributed by atoms with van der Waals surface area (Å²) in [5.74, 6) is -0.880. The lowest BCUT2D eigenvalue weighted by Gasteiger charge is -2.12. The number of benzene rings is 2. The standard InChI is InChI=1S/C19H17FN6O4/c1-30-15-5-3-2-4-14(15)19(27)25-24-18-16(26(28)29)17(22-11-23-18)21-10-12-6-8-13(20)9-7-12/h2-9,11H,10H2,1H3,(H,25,27)(H2,21,22,23,24). The fraction of sp³-hybridized carbons (Fsp3) is 0.105. The first kappa shape index (κ1) is 20.5. The third kappa shape index (κ3) is 4.76. The second-order valence-corrected chi connectivity index (χ2v) is 5.94. The smallest absolute Gasteiger partial charge is 0.354 e. The zero-order chi connectivity index (χ0) is 21.5. The summed E-state index contributed by atoms with van der Waals surface area (Å²) in [7, 11) is 1.42. The van der Waals surface area contributed by atoms with Crippen molar-refractivity contribution in [1.82, 2.24) is 15.4 Å². The van der Waals surface area contributed by atoms with Crippen molar-refractivity contribution in [3.05, 3.63) is 81.9 Å². The van der Waals surface area contributed by atoms with Crippen LogP contribution in [0.15, 0.2) is 54.9 Å². The Bertz CT molecular complexity index is 1060. The molecule has 0 atom stereocenters. The highest BCUT2D eigenvalue weighted by molar-refractivity contribution is 5.97. The molecule has 0 aliphatic carbocycles. The number of carbonyl (C=O) groups is 1. The molecular weight excluding hydrogens is 395 g/mol. The number of anilines is 2. The van der Waals surface area contributed by atoms with E-state index in [1.54, 1.807) is 36.4 Å². The Morgan fingerprint density at radius 2 is 1.83 bits per heavy atom. The van der Waals surface area contributed by atoms with E-state index in [1.807, 2.05) is 0 Å². The lowest BCUT2D eigenvalue weighted by atomic mass is 10.2. The first-order chi connectivity index (χ1) is 14.5. The molecule has 2 aromatic carbocycles. The summed E-state index contributed by atoms with van der Waals surface area (Å²) in [5.41, 5.74) is 5.29. The molecule has 3 N–H and O–H groups in total. The van der Waals surface area contributed by atoms with Gasteiger partial charge in [-0.3, -0.25) is 25.8 Å². The molecule has 0 fully saturated rings. The number of aromatic nitrogens is 2. The molecule has 154 valence electrons. The van der Waals surface area contributed by atoms with Crippen LogP contribution in [0.3, 0.4) is 0 Å². The van der Waals surface area contributed by atoms with E-state index in [0.29, 0.717) is 11.3 Å². The summed E-state index contributed by atoms with van der Waals surface area (Å²) < 4.78 is 18.1. The monoisotopic (exact) mass is 412 g/mol. The highest BCUT2D eigenvalue weighted by atomic mass is 19.1. The van der Waals surface area contributed by atoms with Crippen LogP contribution < -0.4 is 20.9 Å². The average Bonchev–Trinajstić information content (AvgIpc) is 2.76. The van der Waals surface area contributed by atoms with Gasteiger partial charge in [0.15, 0.2) is 0 Å². The maximum absolute atomic E-state index is 13.0. The van der Waals surface area contributed by atoms with E-state index in [9.17, 15) is 19.3 Å². The molecule has 0 unspecified atom stereocenters. The van der Waals surface area contributed by atoms with Crippen molar-refractivity contribution in [2.45, 2.75) is 6.54 Å². The Morgan fingerprint density at radius 1 is 1.13 bits per heavy atom. The maximum Gasteiger partial charge on any atom is 0.354 e. The molecule has 0 saturated heterocycles. The van der Waals surface area contributed by atoms with Gasteiger partial charge in [0.05, 0.1) is 17.6 Å². The average molecular weight is 412 g/mol. The van der Waals surface area contributed by atoms with Crippen molar-refractivity contribution < 1.29 is 18.8 Å². The molecule has 1 heterocycles. The Morgan fingerprint density at radius 3 is 2.53 bits per heavy atom. The summed E-state index contributed by atoms with van der Waals surface area (Å²) in [5, 5.41) is 14.4. The summed E-state index contributed by atoms with van der Waals surface area (Å²) in [6, 6.07) is 12.2. The third-order valence-corrected chi connectivity index (χ3v) is 4.02. The molecular formula is C19H17FN6O4. The van der Waals surface area contributed by atoms with Gasteiger partial charge in [0.2, 0.25) is 11.6 Å². The molecule has 0 radical (unpaired) electrons. The molecule has 0 aliphatic rings. The maximum atomic E-state index is 13.0. The van der Waals surface area contributed by atoms with Crippen molar-refractivity contribution in [2.24, 2.45) is 0 Å². The number of amides is 1. The van der Waals surface area contributed by atoms with E-state index < -0.39 is 16.5 Å². The molecule has 1 amide bonds. The number of carbonyl (C=O) groups excluding carboxylic acids is 1. The molecule has 0 spiro atoms. The van der Waals surface area contributed by atoms with Crippen molar-refractivity contribution in [2.75, 3.05) is 17.9 Å². The Labute approximate surface area is 170 Å². The SMILES string of the molecule is COc1ccccc1C(=O)NNc1ncnc(NCc2ccc(F)cc2)c1[N+](=O)[O-]. The van der Waals surface area contributed by atoms with Crippen molar-refractivity contribution in [1.29, 1.82) is 0 Å². The predicted molar refractivity (Wildman–Crippen MR) is 106 cm³/mol. The molecule has 0 bridgehead atoms. The number of hydrogen-bond donors (Lipinski definition) is 3. The van der Waals surface area contributed by atoms with E-state index in [2.05, 4.69) is 26.1 Å². The van der Waals surface area contributed by atoms with Crippen LogP contribution in [-0.2, 0) is 6.54 Å². The number of rotatable bonds is 8. The van der Waals surface area contributed by atoms with Gasteiger partial charge in [0.1, 0.15) is 17.9 Å². The van der Waals surface area contributed by atoms with Gasteiger partial charge in [-0.1, -0.05) is 24.3 Å². The Hall–Kier alpha value is -4.28. The number of nitro groups is 1. The first-order valence-electron chi connectivity index (χ1n) is 8.66. The van der Waals surface area contributed by atoms with Crippen molar-refractivity contribution >= 4 is 23.2 Å². The van der Waals surface area contributed by atoms with Crippen LogP contribution in [0.5, 0.6) is 5.75 Å². The van der Waals surface area contributed by atoms with E-state index in [-0.39, 0.29) is 29.6 Å². The number of methoxy groups -OCH3 is 1. The number of nitrogens with zero attached hydrogens (tertiary/aromatic N) is 3. The second kappa shape index (κ2) is 9.28. The van der Waals surface area contributed by atoms with Gasteiger partial charge in [-0.2, -0.15) is 0 Å². The topological polar surface area (TPSA) is 131 Å². The Balaban J connectivity index is 1.76. The van der Waals surface area contributed by atoms with Crippen LogP contribution in [-0.4, -0.2) is 27.9 Å². The number of halogens is 1. The fourth-order valence-electron chi connectivity index (χ4n) is 2.58. The van der Waals surface area contributed by atoms with E-state index in [4.69, 9.17) is 4.74 Å². The lowest BCUT2D eigenvalue weighted by Crippen LogP contribution is -2.30. The van der Waals surface area contributed by atoms with Gasteiger partial charge in [-0.25, -0.2) is 14.4 Å². The number of hydrogen-bond acceptors (Lipinski definition) is 8. The molecule has 0 saturated carbocycles. The number of ether oxygens (including phenoxy) is 1. The molecule has 11 heteroatoms. The van der Waals surface area contributed by atoms with Crippen LogP contribution >= 0.6 is 0 Å². The van der Waals surface area contributed by atoms with Gasteiger partial charge >= 0.3 is 5.69 Å². The summed E-state index contributed by atoms with van der Waals surface area (Å²) >= 11 is 0. The predicted octanol–water partition coefficient (Wildman–Crippen LogP) is 2.90. The third-order valence-electron chi connectivity index (χ3n) is 4.02. The first-order valence-corrected chi connectivity index (χ1v) is 8.66. The molecule has 30 heavy (non-hydrogen) atoms. The zero-order valence-electron chi connectivity index (χ0n) is 15.8. The minimum atomic E-state index is -0.676. The van der Waals surface area contributed by atoms with Crippen LogP contribution in [0.4, 0.5) is 21.7 Å². The van der Waals surface area contributed by atoms with Crippen molar-refractivity contribution in [3.8, 4) is 5.75 Å². The normalized spacial score (nSPS) is 10.2. The number of nitrogens with one attached hydrogen (secondary N) is 3. The molecule has 3 rings (SSSR count). The summed E-state index contributed by atoms with van der Waals surface area (Å²) in [4.78, 5) is 31.0. The molecule has 1 aromatic heterocycles. The lowest BCUT2D eigenvalue weighted by molar-refractivity contribution is -0.383. The van der Waals surface area contributed by atoms with Crippen LogP contribution in [0.2, 0.25) is 0 Å². The molecule has 3 aromatic rings. The van der Waals surface area contributed by atoms with Crippen molar-refractivity contribution in [3.63, 3.8) is 0 Å². The van der Waals surface area contributed by atoms with Crippen LogP contribution in [0.25, 0.3) is 0 Å². The molecule has 0 aliphatic heterocycles. The highest BCUT2D eigenvalue weighted by Crippen LogP contribution is 2.29. The minimum absolute atomic E-state index is 0.0617. The second-order valence-electron chi connectivity index (χ2n) is 5.94. The van der Waals surface area contributed by atoms with E-state index in [0.717, 1.165) is 6.33 Å². The largest absolute Gasteiger partial charge is 0.496 e. The number of para-hydroxylation sites is 1. The van der Waals surface area contributed by atoms with E-state index in [1.165, 1.54) is 19.2 Å². The fourth-order valence-corrected chi connectivity index (χ4v) is 2.58. The van der Waals surface area contributed by atoms with E-state index >= 15 is 0 Å². The van der Waals surface area contributed by atoms with Crippen LogP contribution in [0, 0.1) is 15.9 Å². The van der Waals surface area contributed by atoms with Gasteiger partial charge in [-0.15, -0.1) is 0 Å². The zero-order valence-corrected chi connectivity index (χ0v) is 15.8. The van der Waals surface area contributed by atoms with Gasteiger partial charge < -0.3 is 10.1 Å². The molecule has 10 nitrogen and oxygen atoms in total. The van der Waals surface area contributed by atoms with Gasteiger partial charge in [0.25, 0.3) is 5.91 Å². The Kier molecular flexibility index (Phi) is 6.33. The van der Waals surface area contributed by atoms with Crippen LogP contribution in [0.1, 0.15) is 15.9 Å². The summed E-state index contributed by atoms with van der Waals surface area (Å²) in [6.07, 6.45) is 1.11.